The van der Waals surface area contributed by atoms with E-state index < -0.39 is 0 Å². The second kappa shape index (κ2) is 4.23. The molecule has 0 bridgehead atoms. The van der Waals surface area contributed by atoms with Crippen molar-refractivity contribution in [1.29, 1.82) is 0 Å². The van der Waals surface area contributed by atoms with Crippen molar-refractivity contribution >= 4 is 17.5 Å². The molecule has 0 aromatic rings. The van der Waals surface area contributed by atoms with Crippen molar-refractivity contribution in [2.24, 2.45) is 0 Å². The van der Waals surface area contributed by atoms with E-state index in [1.54, 1.807) is 6.08 Å². The molecule has 0 saturated heterocycles. The average Bonchev–Trinajstić information content (AvgIpc) is 2.04. The van der Waals surface area contributed by atoms with Crippen LogP contribution >= 0.6 is 11.6 Å². The molecule has 1 aliphatic heterocycles. The highest BCUT2D eigenvalue weighted by molar-refractivity contribution is 6.17. The van der Waals surface area contributed by atoms with Crippen LogP contribution < -0.4 is 5.48 Å². The fourth-order valence-corrected chi connectivity index (χ4v) is 0.940. The molecule has 3 nitrogen and oxygen atoms in total. The number of amides is 1. The monoisotopic (exact) mass is 175 g/mol. The van der Waals surface area contributed by atoms with E-state index in [1.807, 2.05) is 0 Å². The molecule has 0 radical (unpaired) electrons. The number of hydrogen-bond donors (Lipinski definition) is 1. The molecule has 1 N–H and O–H groups in total. The molecule has 0 saturated carbocycles. The molecule has 4 heteroatoms. The summed E-state index contributed by atoms with van der Waals surface area (Å²) in [5.41, 5.74) is 2.29. The van der Waals surface area contributed by atoms with E-state index >= 15 is 0 Å². The van der Waals surface area contributed by atoms with Crippen LogP contribution in [0, 0.1) is 0 Å². The number of nitrogens with one attached hydrogen (secondary N) is 1. The molecule has 11 heavy (non-hydrogen) atoms. The minimum absolute atomic E-state index is 0.0976. The Morgan fingerprint density at radius 1 is 1.73 bits per heavy atom. The zero-order valence-corrected chi connectivity index (χ0v) is 6.86. The summed E-state index contributed by atoms with van der Waals surface area (Å²) < 4.78 is 0. The van der Waals surface area contributed by atoms with Crippen molar-refractivity contribution in [1.82, 2.24) is 5.48 Å². The molecule has 1 amide bonds. The van der Waals surface area contributed by atoms with Crippen molar-refractivity contribution in [2.45, 2.75) is 19.3 Å². The van der Waals surface area contributed by atoms with Gasteiger partial charge in [-0.25, -0.2) is 0 Å². The van der Waals surface area contributed by atoms with Gasteiger partial charge in [-0.2, -0.15) is 5.48 Å². The third kappa shape index (κ3) is 2.80. The van der Waals surface area contributed by atoms with E-state index in [9.17, 15) is 4.79 Å². The number of alkyl halides is 1. The molecule has 0 unspecified atom stereocenters. The van der Waals surface area contributed by atoms with Gasteiger partial charge in [0.1, 0.15) is 5.76 Å². The van der Waals surface area contributed by atoms with Crippen molar-refractivity contribution in [2.75, 3.05) is 5.88 Å². The third-order valence-corrected chi connectivity index (χ3v) is 1.64. The van der Waals surface area contributed by atoms with Gasteiger partial charge in [0.2, 0.25) is 0 Å². The average molecular weight is 176 g/mol. The van der Waals surface area contributed by atoms with Gasteiger partial charge in [0.05, 0.1) is 6.42 Å². The van der Waals surface area contributed by atoms with Gasteiger partial charge in [-0.1, -0.05) is 0 Å². The molecular formula is C7H10ClNO2. The first kappa shape index (κ1) is 8.40. The lowest BCUT2D eigenvalue weighted by atomic mass is 10.2. The normalized spacial score (nSPS) is 16.8. The molecule has 0 aromatic carbocycles. The molecule has 0 spiro atoms. The number of hydrogen-bond acceptors (Lipinski definition) is 2. The summed E-state index contributed by atoms with van der Waals surface area (Å²) in [6.07, 6.45) is 3.87. The van der Waals surface area contributed by atoms with Crippen LogP contribution in [0.25, 0.3) is 0 Å². The molecule has 1 aliphatic rings. The molecule has 0 fully saturated rings. The van der Waals surface area contributed by atoms with E-state index in [1.165, 1.54) is 0 Å². The molecule has 62 valence electrons. The largest absolute Gasteiger partial charge is 0.384 e. The van der Waals surface area contributed by atoms with Gasteiger partial charge in [-0.15, -0.1) is 11.6 Å². The lowest BCUT2D eigenvalue weighted by Crippen LogP contribution is -2.26. The van der Waals surface area contributed by atoms with Crippen molar-refractivity contribution < 1.29 is 9.63 Å². The van der Waals surface area contributed by atoms with Crippen LogP contribution in [0.5, 0.6) is 0 Å². The number of halogens is 1. The summed E-state index contributed by atoms with van der Waals surface area (Å²) in [4.78, 5) is 15.5. The van der Waals surface area contributed by atoms with Crippen molar-refractivity contribution in [3.8, 4) is 0 Å². The van der Waals surface area contributed by atoms with E-state index in [2.05, 4.69) is 5.48 Å². The fraction of sp³-hybridized carbons (Fsp3) is 0.571. The van der Waals surface area contributed by atoms with E-state index in [4.69, 9.17) is 16.4 Å². The number of allylic oxidation sites excluding steroid dienone is 1. The zero-order chi connectivity index (χ0) is 8.10. The molecule has 1 rings (SSSR count). The third-order valence-electron chi connectivity index (χ3n) is 1.37. The van der Waals surface area contributed by atoms with Crippen LogP contribution in [0.4, 0.5) is 0 Å². The summed E-state index contributed by atoms with van der Waals surface area (Å²) >= 11 is 5.48. The Hall–Kier alpha value is -0.700. The maximum Gasteiger partial charge on any atom is 0.256 e. The summed E-state index contributed by atoms with van der Waals surface area (Å²) in [6, 6.07) is 0. The van der Waals surface area contributed by atoms with Crippen LogP contribution in [0.3, 0.4) is 0 Å². The van der Waals surface area contributed by atoms with Crippen LogP contribution in [-0.2, 0) is 9.63 Å². The quantitative estimate of drug-likeness (QED) is 0.658. The van der Waals surface area contributed by atoms with Gasteiger partial charge in [0.25, 0.3) is 5.91 Å². The molecule has 1 heterocycles. The van der Waals surface area contributed by atoms with Gasteiger partial charge >= 0.3 is 0 Å². The highest BCUT2D eigenvalue weighted by atomic mass is 35.5. The Bertz CT molecular complexity index is 179. The summed E-state index contributed by atoms with van der Waals surface area (Å²) in [5, 5.41) is 0. The van der Waals surface area contributed by atoms with Crippen molar-refractivity contribution in [3.63, 3.8) is 0 Å². The lowest BCUT2D eigenvalue weighted by Gasteiger charge is -2.13. The zero-order valence-electron chi connectivity index (χ0n) is 6.10. The van der Waals surface area contributed by atoms with Gasteiger partial charge in [0, 0.05) is 12.3 Å². The Labute approximate surface area is 70.3 Å². The molecule has 0 aromatic heterocycles. The van der Waals surface area contributed by atoms with Crippen LogP contribution in [0.15, 0.2) is 11.8 Å². The van der Waals surface area contributed by atoms with Crippen molar-refractivity contribution in [3.05, 3.63) is 11.8 Å². The summed E-state index contributed by atoms with van der Waals surface area (Å²) in [5.74, 6) is 1.33. The fourth-order valence-electron chi connectivity index (χ4n) is 0.806. The Balaban J connectivity index is 2.29. The predicted octanol–water partition coefficient (Wildman–Crippen LogP) is 1.34. The summed E-state index contributed by atoms with van der Waals surface area (Å²) in [6.45, 7) is 0. The van der Waals surface area contributed by atoms with Gasteiger partial charge in [0.15, 0.2) is 0 Å². The standard InChI is InChI=1S/C7H10ClNO2/c8-5-1-2-6-3-4-7(10)9-11-6/h3H,1-2,4-5H2,(H,9,10). The Morgan fingerprint density at radius 3 is 3.09 bits per heavy atom. The SMILES string of the molecule is O=C1CC=C(CCCCl)ON1. The van der Waals surface area contributed by atoms with E-state index in [0.29, 0.717) is 12.3 Å². The smallest absolute Gasteiger partial charge is 0.256 e. The number of rotatable bonds is 3. The highest BCUT2D eigenvalue weighted by Crippen LogP contribution is 2.10. The molecular weight excluding hydrogens is 166 g/mol. The van der Waals surface area contributed by atoms with Gasteiger partial charge in [-0.3, -0.25) is 4.79 Å². The van der Waals surface area contributed by atoms with E-state index in [-0.39, 0.29) is 5.91 Å². The highest BCUT2D eigenvalue weighted by Gasteiger charge is 2.09. The Kier molecular flexibility index (Phi) is 3.23. The second-order valence-electron chi connectivity index (χ2n) is 2.29. The maximum atomic E-state index is 10.6. The summed E-state index contributed by atoms with van der Waals surface area (Å²) in [7, 11) is 0. The van der Waals surface area contributed by atoms with E-state index in [0.717, 1.165) is 18.6 Å². The molecule has 0 aliphatic carbocycles. The number of carbonyl (C=O) groups is 1. The van der Waals surface area contributed by atoms with Crippen LogP contribution in [0.2, 0.25) is 0 Å². The maximum absolute atomic E-state index is 10.6. The minimum atomic E-state index is -0.0976. The second-order valence-corrected chi connectivity index (χ2v) is 2.67. The first-order chi connectivity index (χ1) is 5.33. The lowest BCUT2D eigenvalue weighted by molar-refractivity contribution is -0.131. The van der Waals surface area contributed by atoms with Gasteiger partial charge in [-0.05, 0) is 12.5 Å². The van der Waals surface area contributed by atoms with Gasteiger partial charge < -0.3 is 4.84 Å². The minimum Gasteiger partial charge on any atom is -0.384 e. The number of hydroxylamine groups is 1. The first-order valence-electron chi connectivity index (χ1n) is 3.53. The Morgan fingerprint density at radius 2 is 2.55 bits per heavy atom. The predicted molar refractivity (Wildman–Crippen MR) is 41.9 cm³/mol. The van der Waals surface area contributed by atoms with Crippen LogP contribution in [0.1, 0.15) is 19.3 Å². The number of carbonyl (C=O) groups excluding carboxylic acids is 1. The first-order valence-corrected chi connectivity index (χ1v) is 4.07. The van der Waals surface area contributed by atoms with Crippen LogP contribution in [-0.4, -0.2) is 11.8 Å². The molecule has 0 atom stereocenters. The topological polar surface area (TPSA) is 38.3 Å².